The number of hydrogen-bond donors (Lipinski definition) is 0. The summed E-state index contributed by atoms with van der Waals surface area (Å²) in [6, 6.07) is 20.3. The molecule has 2 unspecified atom stereocenters. The third-order valence-electron chi connectivity index (χ3n) is 5.08. The van der Waals surface area contributed by atoms with E-state index in [4.69, 9.17) is 4.42 Å². The SMILES string of the molecule is Cc1ccc(CN(Cc2ccc(F)cc2)C(=O)C2CC2c2ccccc2)o1. The highest BCUT2D eigenvalue weighted by atomic mass is 19.1. The second-order valence-electron chi connectivity index (χ2n) is 7.19. The number of nitrogens with zero attached hydrogens (tertiary/aromatic N) is 1. The molecule has 0 saturated heterocycles. The molecule has 0 aliphatic heterocycles. The molecule has 4 heteroatoms. The van der Waals surface area contributed by atoms with Crippen LogP contribution in [-0.4, -0.2) is 10.8 Å². The normalized spacial score (nSPS) is 18.3. The van der Waals surface area contributed by atoms with Crippen molar-refractivity contribution in [3.63, 3.8) is 0 Å². The number of furan rings is 1. The van der Waals surface area contributed by atoms with Crippen molar-refractivity contribution in [1.82, 2.24) is 4.90 Å². The van der Waals surface area contributed by atoms with Crippen molar-refractivity contribution in [1.29, 1.82) is 0 Å². The lowest BCUT2D eigenvalue weighted by Gasteiger charge is -2.22. The Morgan fingerprint density at radius 3 is 2.44 bits per heavy atom. The van der Waals surface area contributed by atoms with Crippen LogP contribution in [-0.2, 0) is 17.9 Å². The molecule has 0 N–H and O–H groups in total. The lowest BCUT2D eigenvalue weighted by molar-refractivity contribution is -0.134. The van der Waals surface area contributed by atoms with E-state index in [1.165, 1.54) is 17.7 Å². The number of halogens is 1. The van der Waals surface area contributed by atoms with E-state index >= 15 is 0 Å². The van der Waals surface area contributed by atoms with Gasteiger partial charge in [-0.3, -0.25) is 4.79 Å². The van der Waals surface area contributed by atoms with Gasteiger partial charge in [-0.25, -0.2) is 4.39 Å². The highest BCUT2D eigenvalue weighted by molar-refractivity contribution is 5.83. The fraction of sp³-hybridized carbons (Fsp3) is 0.261. The zero-order valence-electron chi connectivity index (χ0n) is 15.3. The van der Waals surface area contributed by atoms with E-state index in [9.17, 15) is 9.18 Å². The number of benzene rings is 2. The van der Waals surface area contributed by atoms with Crippen LogP contribution in [0.2, 0.25) is 0 Å². The molecule has 2 atom stereocenters. The molecule has 138 valence electrons. The Hall–Kier alpha value is -2.88. The van der Waals surface area contributed by atoms with Crippen molar-refractivity contribution in [2.75, 3.05) is 0 Å². The van der Waals surface area contributed by atoms with Gasteiger partial charge in [-0.05, 0) is 54.7 Å². The van der Waals surface area contributed by atoms with Gasteiger partial charge in [0.25, 0.3) is 0 Å². The predicted molar refractivity (Wildman–Crippen MR) is 101 cm³/mol. The van der Waals surface area contributed by atoms with Crippen LogP contribution in [0.15, 0.2) is 71.1 Å². The molecule has 1 aliphatic carbocycles. The van der Waals surface area contributed by atoms with Crippen LogP contribution in [0.25, 0.3) is 0 Å². The molecule has 1 amide bonds. The van der Waals surface area contributed by atoms with E-state index in [0.29, 0.717) is 13.1 Å². The summed E-state index contributed by atoms with van der Waals surface area (Å²) in [6.45, 7) is 2.75. The highest BCUT2D eigenvalue weighted by Gasteiger charge is 2.45. The number of carbonyl (C=O) groups excluding carboxylic acids is 1. The zero-order valence-corrected chi connectivity index (χ0v) is 15.3. The van der Waals surface area contributed by atoms with Crippen molar-refractivity contribution in [3.05, 3.63) is 95.2 Å². The molecule has 1 saturated carbocycles. The van der Waals surface area contributed by atoms with Crippen molar-refractivity contribution in [2.45, 2.75) is 32.4 Å². The monoisotopic (exact) mass is 363 g/mol. The second-order valence-corrected chi connectivity index (χ2v) is 7.19. The molecule has 27 heavy (non-hydrogen) atoms. The van der Waals surface area contributed by atoms with Gasteiger partial charge < -0.3 is 9.32 Å². The van der Waals surface area contributed by atoms with Gasteiger partial charge in [0, 0.05) is 12.5 Å². The summed E-state index contributed by atoms with van der Waals surface area (Å²) in [5.74, 6) is 1.73. The minimum atomic E-state index is -0.273. The minimum Gasteiger partial charge on any atom is -0.464 e. The first-order valence-electron chi connectivity index (χ1n) is 9.23. The standard InChI is InChI=1S/C23H22FNO2/c1-16-7-12-20(27-16)15-25(14-17-8-10-19(24)11-9-17)23(26)22-13-21(22)18-5-3-2-4-6-18/h2-12,21-22H,13-15H2,1H3. The molecule has 2 aromatic carbocycles. The van der Waals surface area contributed by atoms with Crippen LogP contribution in [0.1, 0.15) is 35.0 Å². The van der Waals surface area contributed by atoms with Crippen molar-refractivity contribution in [3.8, 4) is 0 Å². The van der Waals surface area contributed by atoms with Crippen molar-refractivity contribution < 1.29 is 13.6 Å². The predicted octanol–water partition coefficient (Wildman–Crippen LogP) is 5.06. The summed E-state index contributed by atoms with van der Waals surface area (Å²) in [5, 5.41) is 0. The maximum atomic E-state index is 13.2. The lowest BCUT2D eigenvalue weighted by atomic mass is 10.1. The average molecular weight is 363 g/mol. The first kappa shape index (κ1) is 17.5. The van der Waals surface area contributed by atoms with E-state index in [1.807, 2.05) is 42.2 Å². The Bertz CT molecular complexity index is 917. The minimum absolute atomic E-state index is 0.00362. The molecule has 1 fully saturated rings. The van der Waals surface area contributed by atoms with Crippen LogP contribution < -0.4 is 0 Å². The van der Waals surface area contributed by atoms with Crippen LogP contribution in [0.5, 0.6) is 0 Å². The zero-order chi connectivity index (χ0) is 18.8. The molecule has 0 spiro atoms. The largest absolute Gasteiger partial charge is 0.464 e. The first-order valence-corrected chi connectivity index (χ1v) is 9.23. The van der Waals surface area contributed by atoms with Gasteiger partial charge in [-0.2, -0.15) is 0 Å². The molecule has 1 heterocycles. The summed E-state index contributed by atoms with van der Waals surface area (Å²) in [5.41, 5.74) is 2.12. The Kier molecular flexibility index (Phi) is 4.80. The molecule has 1 aliphatic rings. The van der Waals surface area contributed by atoms with E-state index in [1.54, 1.807) is 12.1 Å². The van der Waals surface area contributed by atoms with Crippen LogP contribution in [0.4, 0.5) is 4.39 Å². The third-order valence-corrected chi connectivity index (χ3v) is 5.08. The van der Waals surface area contributed by atoms with Crippen molar-refractivity contribution >= 4 is 5.91 Å². The first-order chi connectivity index (χ1) is 13.1. The van der Waals surface area contributed by atoms with Gasteiger partial charge in [0.15, 0.2) is 0 Å². The topological polar surface area (TPSA) is 33.5 Å². The molecule has 3 aromatic rings. The Morgan fingerprint density at radius 2 is 1.78 bits per heavy atom. The summed E-state index contributed by atoms with van der Waals surface area (Å²) in [6.07, 6.45) is 0.875. The van der Waals surface area contributed by atoms with Gasteiger partial charge >= 0.3 is 0 Å². The molecule has 1 aromatic heterocycles. The summed E-state index contributed by atoms with van der Waals surface area (Å²) in [7, 11) is 0. The van der Waals surface area contributed by atoms with Gasteiger partial charge in [-0.1, -0.05) is 42.5 Å². The van der Waals surface area contributed by atoms with Crippen molar-refractivity contribution in [2.24, 2.45) is 5.92 Å². The van der Waals surface area contributed by atoms with Gasteiger partial charge in [0.1, 0.15) is 17.3 Å². The number of hydrogen-bond acceptors (Lipinski definition) is 2. The maximum Gasteiger partial charge on any atom is 0.227 e. The molecule has 3 nitrogen and oxygen atoms in total. The van der Waals surface area contributed by atoms with E-state index < -0.39 is 0 Å². The quantitative estimate of drug-likeness (QED) is 0.613. The highest BCUT2D eigenvalue weighted by Crippen LogP contribution is 2.48. The fourth-order valence-corrected chi connectivity index (χ4v) is 3.55. The summed E-state index contributed by atoms with van der Waals surface area (Å²) < 4.78 is 18.9. The van der Waals surface area contributed by atoms with E-state index in [2.05, 4.69) is 12.1 Å². The number of carbonyl (C=O) groups is 1. The Balaban J connectivity index is 1.51. The molecule has 0 bridgehead atoms. The summed E-state index contributed by atoms with van der Waals surface area (Å²) in [4.78, 5) is 15.0. The van der Waals surface area contributed by atoms with Gasteiger partial charge in [0.2, 0.25) is 5.91 Å². The number of rotatable bonds is 6. The molecule has 0 radical (unpaired) electrons. The number of amides is 1. The number of aryl methyl sites for hydroxylation is 1. The third kappa shape index (κ3) is 4.11. The van der Waals surface area contributed by atoms with Crippen LogP contribution >= 0.6 is 0 Å². The fourth-order valence-electron chi connectivity index (χ4n) is 3.55. The lowest BCUT2D eigenvalue weighted by Crippen LogP contribution is -2.31. The van der Waals surface area contributed by atoms with Gasteiger partial charge in [0.05, 0.1) is 6.54 Å². The second kappa shape index (κ2) is 7.39. The maximum absolute atomic E-state index is 13.2. The van der Waals surface area contributed by atoms with E-state index in [-0.39, 0.29) is 23.6 Å². The van der Waals surface area contributed by atoms with E-state index in [0.717, 1.165) is 23.5 Å². The van der Waals surface area contributed by atoms with Crippen LogP contribution in [0, 0.1) is 18.7 Å². The summed E-state index contributed by atoms with van der Waals surface area (Å²) >= 11 is 0. The molecular formula is C23H22FNO2. The molecule has 4 rings (SSSR count). The molecular weight excluding hydrogens is 341 g/mol. The smallest absolute Gasteiger partial charge is 0.227 e. The van der Waals surface area contributed by atoms with Gasteiger partial charge in [-0.15, -0.1) is 0 Å². The average Bonchev–Trinajstić information content (AvgIpc) is 3.38. The van der Waals surface area contributed by atoms with Crippen LogP contribution in [0.3, 0.4) is 0 Å². The Labute approximate surface area is 158 Å². The Morgan fingerprint density at radius 1 is 1.04 bits per heavy atom.